The first-order valence-corrected chi connectivity index (χ1v) is 6.37. The Morgan fingerprint density at radius 3 is 2.65 bits per heavy atom. The van der Waals surface area contributed by atoms with Crippen molar-refractivity contribution >= 4 is 5.97 Å². The monoisotopic (exact) mass is 271 g/mol. The molecule has 0 aliphatic heterocycles. The fourth-order valence-corrected chi connectivity index (χ4v) is 1.80. The second-order valence-electron chi connectivity index (χ2n) is 4.41. The largest absolute Gasteiger partial charge is 0.465 e. The van der Waals surface area contributed by atoms with Crippen LogP contribution in [0.25, 0.3) is 0 Å². The van der Waals surface area contributed by atoms with Crippen LogP contribution in [0.1, 0.15) is 34.6 Å². The van der Waals surface area contributed by atoms with Gasteiger partial charge < -0.3 is 10.1 Å². The number of hydrogen-bond acceptors (Lipinski definition) is 5. The van der Waals surface area contributed by atoms with Gasteiger partial charge in [0.1, 0.15) is 0 Å². The molecule has 0 fully saturated rings. The van der Waals surface area contributed by atoms with Crippen LogP contribution in [0.2, 0.25) is 0 Å². The molecule has 1 N–H and O–H groups in total. The SMILES string of the molecule is COC(=O)c1ccc(CNC(C)c2ccncc2)nc1. The minimum Gasteiger partial charge on any atom is -0.465 e. The summed E-state index contributed by atoms with van der Waals surface area (Å²) in [6.07, 6.45) is 5.08. The van der Waals surface area contributed by atoms with Gasteiger partial charge in [0.25, 0.3) is 0 Å². The maximum Gasteiger partial charge on any atom is 0.339 e. The van der Waals surface area contributed by atoms with Crippen molar-refractivity contribution in [1.29, 1.82) is 0 Å². The maximum atomic E-state index is 11.3. The van der Waals surface area contributed by atoms with Gasteiger partial charge >= 0.3 is 5.97 Å². The van der Waals surface area contributed by atoms with E-state index < -0.39 is 0 Å². The molecule has 2 aromatic rings. The van der Waals surface area contributed by atoms with Crippen molar-refractivity contribution in [1.82, 2.24) is 15.3 Å². The van der Waals surface area contributed by atoms with E-state index in [0.717, 1.165) is 5.69 Å². The van der Waals surface area contributed by atoms with Gasteiger partial charge in [0.2, 0.25) is 0 Å². The van der Waals surface area contributed by atoms with E-state index in [1.807, 2.05) is 18.2 Å². The molecule has 2 rings (SSSR count). The Balaban J connectivity index is 1.93. The van der Waals surface area contributed by atoms with Crippen LogP contribution in [-0.2, 0) is 11.3 Å². The second-order valence-corrected chi connectivity index (χ2v) is 4.41. The molecule has 0 aliphatic rings. The third kappa shape index (κ3) is 3.61. The van der Waals surface area contributed by atoms with E-state index in [9.17, 15) is 4.79 Å². The summed E-state index contributed by atoms with van der Waals surface area (Å²) in [7, 11) is 1.36. The lowest BCUT2D eigenvalue weighted by atomic mass is 10.1. The molecule has 0 bridgehead atoms. The summed E-state index contributed by atoms with van der Waals surface area (Å²) in [4.78, 5) is 19.5. The fourth-order valence-electron chi connectivity index (χ4n) is 1.80. The Morgan fingerprint density at radius 1 is 1.30 bits per heavy atom. The predicted octanol–water partition coefficient (Wildman–Crippen LogP) is 2.11. The van der Waals surface area contributed by atoms with Crippen LogP contribution in [0.15, 0.2) is 42.9 Å². The number of rotatable bonds is 5. The van der Waals surface area contributed by atoms with Crippen LogP contribution < -0.4 is 5.32 Å². The van der Waals surface area contributed by atoms with E-state index >= 15 is 0 Å². The van der Waals surface area contributed by atoms with Crippen LogP contribution in [0.4, 0.5) is 0 Å². The van der Waals surface area contributed by atoms with Gasteiger partial charge in [-0.3, -0.25) is 9.97 Å². The summed E-state index contributed by atoms with van der Waals surface area (Å²) in [5.74, 6) is -0.373. The first kappa shape index (κ1) is 14.1. The molecule has 0 saturated heterocycles. The molecule has 1 atom stereocenters. The number of aromatic nitrogens is 2. The maximum absolute atomic E-state index is 11.3. The molecule has 1 unspecified atom stereocenters. The van der Waals surface area contributed by atoms with E-state index in [4.69, 9.17) is 0 Å². The fraction of sp³-hybridized carbons (Fsp3) is 0.267. The highest BCUT2D eigenvalue weighted by atomic mass is 16.5. The van der Waals surface area contributed by atoms with Crippen LogP contribution >= 0.6 is 0 Å². The Morgan fingerprint density at radius 2 is 2.05 bits per heavy atom. The third-order valence-corrected chi connectivity index (χ3v) is 3.04. The lowest BCUT2D eigenvalue weighted by Crippen LogP contribution is -2.18. The molecule has 0 saturated carbocycles. The molecule has 0 spiro atoms. The molecule has 104 valence electrons. The molecule has 0 amide bonds. The lowest BCUT2D eigenvalue weighted by molar-refractivity contribution is 0.0600. The van der Waals surface area contributed by atoms with Gasteiger partial charge in [-0.15, -0.1) is 0 Å². The quantitative estimate of drug-likeness (QED) is 0.844. The molecule has 0 aliphatic carbocycles. The summed E-state index contributed by atoms with van der Waals surface area (Å²) in [5.41, 5.74) is 2.50. The highest BCUT2D eigenvalue weighted by Crippen LogP contribution is 2.11. The number of ether oxygens (including phenoxy) is 1. The number of carbonyl (C=O) groups is 1. The molecule has 20 heavy (non-hydrogen) atoms. The molecule has 5 nitrogen and oxygen atoms in total. The van der Waals surface area contributed by atoms with Crippen molar-refractivity contribution in [3.05, 3.63) is 59.7 Å². The number of pyridine rings is 2. The summed E-state index contributed by atoms with van der Waals surface area (Å²) in [5, 5.41) is 3.37. The molecule has 2 aromatic heterocycles. The highest BCUT2D eigenvalue weighted by molar-refractivity contribution is 5.88. The average molecular weight is 271 g/mol. The number of nitrogens with zero attached hydrogens (tertiary/aromatic N) is 2. The second kappa shape index (κ2) is 6.77. The summed E-state index contributed by atoms with van der Waals surface area (Å²) in [6.45, 7) is 2.71. The van der Waals surface area contributed by atoms with Crippen molar-refractivity contribution in [3.8, 4) is 0 Å². The first-order chi connectivity index (χ1) is 9.70. The minimum absolute atomic E-state index is 0.208. The lowest BCUT2D eigenvalue weighted by Gasteiger charge is -2.13. The van der Waals surface area contributed by atoms with Gasteiger partial charge in [-0.05, 0) is 36.8 Å². The van der Waals surface area contributed by atoms with Gasteiger partial charge in [-0.2, -0.15) is 0 Å². The van der Waals surface area contributed by atoms with Crippen molar-refractivity contribution in [2.24, 2.45) is 0 Å². The smallest absolute Gasteiger partial charge is 0.339 e. The molecular weight excluding hydrogens is 254 g/mol. The van der Waals surface area contributed by atoms with E-state index in [1.54, 1.807) is 18.5 Å². The normalized spacial score (nSPS) is 11.9. The first-order valence-electron chi connectivity index (χ1n) is 6.37. The van der Waals surface area contributed by atoms with E-state index in [2.05, 4.69) is 26.9 Å². The molecule has 0 radical (unpaired) electrons. The number of hydrogen-bond donors (Lipinski definition) is 1. The number of carbonyl (C=O) groups excluding carboxylic acids is 1. The third-order valence-electron chi connectivity index (χ3n) is 3.04. The molecule has 0 aromatic carbocycles. The van der Waals surface area contributed by atoms with Crippen molar-refractivity contribution < 1.29 is 9.53 Å². The molecule has 2 heterocycles. The zero-order chi connectivity index (χ0) is 14.4. The zero-order valence-electron chi connectivity index (χ0n) is 11.5. The van der Waals surface area contributed by atoms with E-state index in [1.165, 1.54) is 18.9 Å². The van der Waals surface area contributed by atoms with Gasteiger partial charge in [0.05, 0.1) is 18.4 Å². The van der Waals surface area contributed by atoms with Crippen LogP contribution in [0.3, 0.4) is 0 Å². The summed E-state index contributed by atoms with van der Waals surface area (Å²) >= 11 is 0. The Labute approximate surface area is 118 Å². The Hall–Kier alpha value is -2.27. The average Bonchev–Trinajstić information content (AvgIpc) is 2.53. The van der Waals surface area contributed by atoms with Gasteiger partial charge in [-0.25, -0.2) is 4.79 Å². The van der Waals surface area contributed by atoms with E-state index in [0.29, 0.717) is 12.1 Å². The number of methoxy groups -OCH3 is 1. The predicted molar refractivity (Wildman–Crippen MR) is 75.1 cm³/mol. The van der Waals surface area contributed by atoms with E-state index in [-0.39, 0.29) is 12.0 Å². The van der Waals surface area contributed by atoms with Gasteiger partial charge in [0, 0.05) is 31.2 Å². The van der Waals surface area contributed by atoms with Crippen LogP contribution in [0.5, 0.6) is 0 Å². The summed E-state index contributed by atoms with van der Waals surface area (Å²) < 4.78 is 4.63. The highest BCUT2D eigenvalue weighted by Gasteiger charge is 2.07. The Bertz CT molecular complexity index is 555. The molecular formula is C15H17N3O2. The standard InChI is InChI=1S/C15H17N3O2/c1-11(12-5-7-16-8-6-12)17-10-14-4-3-13(9-18-14)15(19)20-2/h3-9,11,17H,10H2,1-2H3. The number of esters is 1. The van der Waals surface area contributed by atoms with Crippen molar-refractivity contribution in [3.63, 3.8) is 0 Å². The van der Waals surface area contributed by atoms with Crippen LogP contribution in [-0.4, -0.2) is 23.0 Å². The van der Waals surface area contributed by atoms with Gasteiger partial charge in [-0.1, -0.05) is 0 Å². The summed E-state index contributed by atoms with van der Waals surface area (Å²) in [6, 6.07) is 7.70. The van der Waals surface area contributed by atoms with Crippen molar-refractivity contribution in [2.45, 2.75) is 19.5 Å². The number of nitrogens with one attached hydrogen (secondary N) is 1. The minimum atomic E-state index is -0.373. The Kier molecular flexibility index (Phi) is 4.79. The molecule has 5 heteroatoms. The zero-order valence-corrected chi connectivity index (χ0v) is 11.5. The topological polar surface area (TPSA) is 64.1 Å². The van der Waals surface area contributed by atoms with Gasteiger partial charge in [0.15, 0.2) is 0 Å². The van der Waals surface area contributed by atoms with Crippen molar-refractivity contribution in [2.75, 3.05) is 7.11 Å². The van der Waals surface area contributed by atoms with Crippen LogP contribution in [0, 0.1) is 0 Å².